The van der Waals surface area contributed by atoms with E-state index >= 15 is 0 Å². The number of ether oxygens (including phenoxy) is 3. The van der Waals surface area contributed by atoms with Crippen LogP contribution < -0.4 is 14.2 Å². The van der Waals surface area contributed by atoms with E-state index in [1.807, 2.05) is 0 Å². The fourth-order valence-electron chi connectivity index (χ4n) is 5.65. The summed E-state index contributed by atoms with van der Waals surface area (Å²) in [5.74, 6) is 2.37. The fourth-order valence-corrected chi connectivity index (χ4v) is 5.65. The van der Waals surface area contributed by atoms with Gasteiger partial charge in [0.25, 0.3) is 0 Å². The summed E-state index contributed by atoms with van der Waals surface area (Å²) in [4.78, 5) is 12.4. The van der Waals surface area contributed by atoms with Crippen LogP contribution in [0.3, 0.4) is 0 Å². The Morgan fingerprint density at radius 3 is 2.00 bits per heavy atom. The molecule has 4 nitrogen and oxygen atoms in total. The van der Waals surface area contributed by atoms with E-state index in [0.717, 1.165) is 65.1 Å². The number of fused-ring (bicyclic) bond motifs is 3. The molecule has 0 amide bonds. The Kier molecular flexibility index (Phi) is 4.82. The minimum Gasteiger partial charge on any atom is -0.496 e. The van der Waals surface area contributed by atoms with E-state index < -0.39 is 0 Å². The van der Waals surface area contributed by atoms with Crippen molar-refractivity contribution >= 4 is 11.9 Å². The Morgan fingerprint density at radius 2 is 1.52 bits per heavy atom. The van der Waals surface area contributed by atoms with E-state index in [1.165, 1.54) is 5.57 Å². The first-order chi connectivity index (χ1) is 12.7. The highest BCUT2D eigenvalue weighted by Gasteiger charge is 2.53. The Bertz CT molecular complexity index is 816. The number of rotatable bonds is 5. The molecule has 1 saturated carbocycles. The SMILES string of the molecule is COc1c(OC)c2c(c(OC)c1C(C)C)C(C=O)=C1C(C)(C)CCC[C@@]12C. The van der Waals surface area contributed by atoms with Gasteiger partial charge in [-0.05, 0) is 29.7 Å². The number of carbonyl (C=O) groups excluding carboxylic acids is 1. The molecule has 0 spiro atoms. The van der Waals surface area contributed by atoms with Crippen LogP contribution in [-0.4, -0.2) is 27.6 Å². The molecule has 0 bridgehead atoms. The number of hydrogen-bond acceptors (Lipinski definition) is 4. The predicted molar refractivity (Wildman–Crippen MR) is 108 cm³/mol. The lowest BCUT2D eigenvalue weighted by molar-refractivity contribution is -0.103. The first-order valence-corrected chi connectivity index (χ1v) is 9.76. The van der Waals surface area contributed by atoms with Gasteiger partial charge in [-0.1, -0.05) is 41.0 Å². The molecule has 1 aromatic rings. The number of methoxy groups -OCH3 is 3. The van der Waals surface area contributed by atoms with Crippen molar-refractivity contribution in [1.29, 1.82) is 0 Å². The maximum absolute atomic E-state index is 12.4. The molecule has 0 saturated heterocycles. The standard InChI is InChI=1S/C23H32O4/c1-13(2)15-18(25-6)16-14(12-24)21-22(3,4)10-9-11-23(21,5)17(16)20(27-8)19(15)26-7/h12-13H,9-11H2,1-8H3/t23-/m1/s1. The van der Waals surface area contributed by atoms with Crippen molar-refractivity contribution in [2.24, 2.45) is 5.41 Å². The third-order valence-electron chi connectivity index (χ3n) is 6.50. The van der Waals surface area contributed by atoms with Crippen LogP contribution in [0, 0.1) is 5.41 Å². The third-order valence-corrected chi connectivity index (χ3v) is 6.50. The fraction of sp³-hybridized carbons (Fsp3) is 0.609. The van der Waals surface area contributed by atoms with E-state index in [1.54, 1.807) is 21.3 Å². The molecule has 0 N–H and O–H groups in total. The molecule has 2 aliphatic carbocycles. The highest BCUT2D eigenvalue weighted by molar-refractivity contribution is 6.14. The second-order valence-electron chi connectivity index (χ2n) is 8.89. The molecule has 2 aliphatic rings. The number of aldehydes is 1. The number of allylic oxidation sites excluding steroid dienone is 2. The monoisotopic (exact) mass is 372 g/mol. The van der Waals surface area contributed by atoms with E-state index in [-0.39, 0.29) is 16.7 Å². The molecule has 3 rings (SSSR count). The maximum Gasteiger partial charge on any atom is 0.168 e. The molecular weight excluding hydrogens is 340 g/mol. The summed E-state index contributed by atoms with van der Waals surface area (Å²) in [6.07, 6.45) is 4.19. The average Bonchev–Trinajstić information content (AvgIpc) is 2.89. The summed E-state index contributed by atoms with van der Waals surface area (Å²) in [6.45, 7) is 10.9. The van der Waals surface area contributed by atoms with E-state index in [4.69, 9.17) is 14.2 Å². The largest absolute Gasteiger partial charge is 0.496 e. The molecule has 1 fully saturated rings. The lowest BCUT2D eigenvalue weighted by Gasteiger charge is -2.44. The summed E-state index contributed by atoms with van der Waals surface area (Å²) in [5.41, 5.74) is 4.59. The highest BCUT2D eigenvalue weighted by Crippen LogP contribution is 2.65. The van der Waals surface area contributed by atoms with Crippen LogP contribution in [0.4, 0.5) is 0 Å². The van der Waals surface area contributed by atoms with Gasteiger partial charge in [-0.25, -0.2) is 0 Å². The van der Waals surface area contributed by atoms with E-state index in [9.17, 15) is 4.79 Å². The molecule has 148 valence electrons. The van der Waals surface area contributed by atoms with Crippen LogP contribution >= 0.6 is 0 Å². The lowest BCUT2D eigenvalue weighted by Crippen LogP contribution is -2.36. The molecule has 1 atom stereocenters. The zero-order valence-electron chi connectivity index (χ0n) is 17.9. The van der Waals surface area contributed by atoms with Crippen LogP contribution in [-0.2, 0) is 10.2 Å². The van der Waals surface area contributed by atoms with Gasteiger partial charge in [0, 0.05) is 27.7 Å². The average molecular weight is 373 g/mol. The van der Waals surface area contributed by atoms with Crippen LogP contribution in [0.15, 0.2) is 5.57 Å². The number of benzene rings is 1. The van der Waals surface area contributed by atoms with Crippen molar-refractivity contribution in [3.63, 3.8) is 0 Å². The van der Waals surface area contributed by atoms with Gasteiger partial charge >= 0.3 is 0 Å². The number of hydrogen-bond donors (Lipinski definition) is 0. The number of carbonyl (C=O) groups is 1. The van der Waals surface area contributed by atoms with Gasteiger partial charge in [-0.3, -0.25) is 4.79 Å². The van der Waals surface area contributed by atoms with Crippen LogP contribution in [0.1, 0.15) is 76.5 Å². The molecule has 0 radical (unpaired) electrons. The Balaban J connectivity index is 2.55. The van der Waals surface area contributed by atoms with Crippen LogP contribution in [0.25, 0.3) is 5.57 Å². The predicted octanol–water partition coefficient (Wildman–Crippen LogP) is 5.27. The van der Waals surface area contributed by atoms with Gasteiger partial charge in [0.15, 0.2) is 17.8 Å². The normalized spacial score (nSPS) is 23.1. The first-order valence-electron chi connectivity index (χ1n) is 9.76. The quantitative estimate of drug-likeness (QED) is 0.661. The molecule has 27 heavy (non-hydrogen) atoms. The summed E-state index contributed by atoms with van der Waals surface area (Å²) in [5, 5.41) is 0. The zero-order valence-corrected chi connectivity index (χ0v) is 17.9. The topological polar surface area (TPSA) is 44.8 Å². The van der Waals surface area contributed by atoms with Crippen molar-refractivity contribution in [2.45, 2.75) is 65.2 Å². The molecule has 0 heterocycles. The summed E-state index contributed by atoms with van der Waals surface area (Å²) in [7, 11) is 5.03. The van der Waals surface area contributed by atoms with Gasteiger partial charge in [-0.15, -0.1) is 0 Å². The highest BCUT2D eigenvalue weighted by atomic mass is 16.5. The smallest absolute Gasteiger partial charge is 0.168 e. The second-order valence-corrected chi connectivity index (χ2v) is 8.89. The van der Waals surface area contributed by atoms with E-state index in [2.05, 4.69) is 34.6 Å². The Hall–Kier alpha value is -1.97. The summed E-state index contributed by atoms with van der Waals surface area (Å²) < 4.78 is 17.7. The van der Waals surface area contributed by atoms with Crippen LogP contribution in [0.2, 0.25) is 0 Å². The van der Waals surface area contributed by atoms with Gasteiger partial charge in [-0.2, -0.15) is 0 Å². The van der Waals surface area contributed by atoms with Crippen molar-refractivity contribution in [1.82, 2.24) is 0 Å². The second kappa shape index (κ2) is 6.57. The molecule has 4 heteroatoms. The zero-order chi connectivity index (χ0) is 20.1. The van der Waals surface area contributed by atoms with Gasteiger partial charge < -0.3 is 14.2 Å². The first kappa shape index (κ1) is 19.8. The van der Waals surface area contributed by atoms with Gasteiger partial charge in [0.05, 0.1) is 21.3 Å². The van der Waals surface area contributed by atoms with Gasteiger partial charge in [0.1, 0.15) is 5.75 Å². The molecule has 0 aliphatic heterocycles. The Labute approximate surface area is 162 Å². The lowest BCUT2D eigenvalue weighted by atomic mass is 9.59. The van der Waals surface area contributed by atoms with Crippen molar-refractivity contribution in [3.8, 4) is 17.2 Å². The molecule has 1 aromatic carbocycles. The summed E-state index contributed by atoms with van der Waals surface area (Å²) in [6, 6.07) is 0. The molecule has 0 unspecified atom stereocenters. The van der Waals surface area contributed by atoms with Crippen molar-refractivity contribution < 1.29 is 19.0 Å². The van der Waals surface area contributed by atoms with Crippen molar-refractivity contribution in [2.75, 3.05) is 21.3 Å². The molecular formula is C23H32O4. The minimum atomic E-state index is -0.255. The van der Waals surface area contributed by atoms with E-state index in [0.29, 0.717) is 0 Å². The molecule has 0 aromatic heterocycles. The van der Waals surface area contributed by atoms with Crippen LogP contribution in [0.5, 0.6) is 17.2 Å². The minimum absolute atomic E-state index is 0.0521. The van der Waals surface area contributed by atoms with Gasteiger partial charge in [0.2, 0.25) is 0 Å². The Morgan fingerprint density at radius 1 is 0.926 bits per heavy atom. The van der Waals surface area contributed by atoms with Crippen molar-refractivity contribution in [3.05, 3.63) is 22.3 Å². The third kappa shape index (κ3) is 2.52. The summed E-state index contributed by atoms with van der Waals surface area (Å²) >= 11 is 0. The maximum atomic E-state index is 12.4.